The number of carbonyl (C=O) groups is 2. The van der Waals surface area contributed by atoms with Crippen LogP contribution in [0.5, 0.6) is 0 Å². The molecule has 0 saturated heterocycles. The number of nitrogen functional groups attached to an aromatic ring is 1. The Bertz CT molecular complexity index is 445. The second kappa shape index (κ2) is 9.00. The minimum absolute atomic E-state index is 0.272. The summed E-state index contributed by atoms with van der Waals surface area (Å²) in [5, 5.41) is 0. The molecule has 0 aliphatic carbocycles. The molecule has 0 atom stereocenters. The highest BCUT2D eigenvalue weighted by atomic mass is 16.5. The Morgan fingerprint density at radius 1 is 0.905 bits per heavy atom. The van der Waals surface area contributed by atoms with E-state index in [1.165, 1.54) is 18.2 Å². The van der Waals surface area contributed by atoms with Gasteiger partial charge in [-0.2, -0.15) is 0 Å². The van der Waals surface area contributed by atoms with Crippen molar-refractivity contribution in [2.24, 2.45) is 0 Å². The molecule has 0 bridgehead atoms. The molecular weight excluding hydrogens is 270 g/mol. The predicted octanol–water partition coefficient (Wildman–Crippen LogP) is 3.18. The van der Waals surface area contributed by atoms with E-state index in [0.29, 0.717) is 18.9 Å². The monoisotopic (exact) mass is 293 g/mol. The van der Waals surface area contributed by atoms with Crippen LogP contribution in [0.1, 0.15) is 60.2 Å². The molecule has 116 valence electrons. The summed E-state index contributed by atoms with van der Waals surface area (Å²) in [6.07, 6.45) is 3.50. The van der Waals surface area contributed by atoms with Gasteiger partial charge >= 0.3 is 11.9 Å². The molecule has 2 N–H and O–H groups in total. The van der Waals surface area contributed by atoms with Gasteiger partial charge < -0.3 is 15.2 Å². The van der Waals surface area contributed by atoms with Crippen LogP contribution >= 0.6 is 0 Å². The molecule has 0 aliphatic rings. The number of unbranched alkanes of at least 4 members (excludes halogenated alkanes) is 2. The third-order valence-corrected chi connectivity index (χ3v) is 2.89. The average molecular weight is 293 g/mol. The molecule has 0 aromatic heterocycles. The van der Waals surface area contributed by atoms with Crippen molar-refractivity contribution in [3.8, 4) is 0 Å². The Balaban J connectivity index is 2.74. The van der Waals surface area contributed by atoms with Crippen LogP contribution in [0.15, 0.2) is 18.2 Å². The van der Waals surface area contributed by atoms with Crippen LogP contribution in [-0.4, -0.2) is 25.2 Å². The Labute approximate surface area is 125 Å². The predicted molar refractivity (Wildman–Crippen MR) is 81.2 cm³/mol. The molecule has 1 aromatic rings. The zero-order chi connectivity index (χ0) is 15.7. The van der Waals surface area contributed by atoms with Crippen LogP contribution in [0.25, 0.3) is 0 Å². The summed E-state index contributed by atoms with van der Waals surface area (Å²) in [5.41, 5.74) is 6.61. The second-order valence-corrected chi connectivity index (χ2v) is 4.82. The van der Waals surface area contributed by atoms with E-state index >= 15 is 0 Å². The van der Waals surface area contributed by atoms with E-state index in [0.717, 1.165) is 25.7 Å². The summed E-state index contributed by atoms with van der Waals surface area (Å²) in [5.74, 6) is -0.947. The molecule has 5 nitrogen and oxygen atoms in total. The molecule has 21 heavy (non-hydrogen) atoms. The first-order chi connectivity index (χ1) is 10.1. The Morgan fingerprint density at radius 3 is 1.71 bits per heavy atom. The fourth-order valence-corrected chi connectivity index (χ4v) is 1.67. The van der Waals surface area contributed by atoms with Crippen molar-refractivity contribution in [3.63, 3.8) is 0 Å². The van der Waals surface area contributed by atoms with E-state index in [9.17, 15) is 9.59 Å². The van der Waals surface area contributed by atoms with Gasteiger partial charge in [0.1, 0.15) is 0 Å². The van der Waals surface area contributed by atoms with Crippen molar-refractivity contribution >= 4 is 17.6 Å². The lowest BCUT2D eigenvalue weighted by Gasteiger charge is -2.08. The maximum Gasteiger partial charge on any atom is 0.338 e. The summed E-state index contributed by atoms with van der Waals surface area (Å²) in [6, 6.07) is 4.45. The molecule has 0 amide bonds. The maximum atomic E-state index is 11.9. The highest BCUT2D eigenvalue weighted by Gasteiger charge is 2.14. The van der Waals surface area contributed by atoms with Gasteiger partial charge in [-0.1, -0.05) is 26.7 Å². The van der Waals surface area contributed by atoms with Crippen molar-refractivity contribution < 1.29 is 19.1 Å². The summed E-state index contributed by atoms with van der Waals surface area (Å²) >= 11 is 0. The van der Waals surface area contributed by atoms with Crippen molar-refractivity contribution in [1.82, 2.24) is 0 Å². The fraction of sp³-hybridized carbons (Fsp3) is 0.500. The molecule has 0 saturated carbocycles. The zero-order valence-corrected chi connectivity index (χ0v) is 12.7. The SMILES string of the molecule is CCCCOC(=O)c1cc(N)cc(C(=O)OCCCC)c1. The van der Waals surface area contributed by atoms with E-state index in [1.807, 2.05) is 13.8 Å². The number of esters is 2. The van der Waals surface area contributed by atoms with E-state index in [-0.39, 0.29) is 11.1 Å². The van der Waals surface area contributed by atoms with Crippen molar-refractivity contribution in [3.05, 3.63) is 29.3 Å². The van der Waals surface area contributed by atoms with Gasteiger partial charge in [-0.25, -0.2) is 9.59 Å². The standard InChI is InChI=1S/C16H23NO4/c1-3-5-7-20-15(18)12-9-13(11-14(17)10-12)16(19)21-8-6-4-2/h9-11H,3-8,17H2,1-2H3. The second-order valence-electron chi connectivity index (χ2n) is 4.82. The van der Waals surface area contributed by atoms with Crippen LogP contribution < -0.4 is 5.73 Å². The molecule has 1 aromatic carbocycles. The van der Waals surface area contributed by atoms with Gasteiger partial charge in [0.15, 0.2) is 0 Å². The van der Waals surface area contributed by atoms with Crippen LogP contribution in [-0.2, 0) is 9.47 Å². The van der Waals surface area contributed by atoms with Crippen LogP contribution in [0.4, 0.5) is 5.69 Å². The van der Waals surface area contributed by atoms with Crippen LogP contribution in [0, 0.1) is 0 Å². The van der Waals surface area contributed by atoms with Gasteiger partial charge in [0.05, 0.1) is 24.3 Å². The van der Waals surface area contributed by atoms with E-state index < -0.39 is 11.9 Å². The van der Waals surface area contributed by atoms with Gasteiger partial charge in [0.2, 0.25) is 0 Å². The summed E-state index contributed by atoms with van der Waals surface area (Å²) in [7, 11) is 0. The van der Waals surface area contributed by atoms with Crippen molar-refractivity contribution in [2.75, 3.05) is 18.9 Å². The number of hydrogen-bond acceptors (Lipinski definition) is 5. The van der Waals surface area contributed by atoms with Gasteiger partial charge in [0, 0.05) is 5.69 Å². The molecule has 0 spiro atoms. The third kappa shape index (κ3) is 5.85. The Kier molecular flexibility index (Phi) is 7.29. The summed E-state index contributed by atoms with van der Waals surface area (Å²) in [4.78, 5) is 23.8. The number of hydrogen-bond donors (Lipinski definition) is 1. The number of benzene rings is 1. The normalized spacial score (nSPS) is 10.2. The van der Waals surface area contributed by atoms with Gasteiger partial charge in [-0.15, -0.1) is 0 Å². The Hall–Kier alpha value is -2.04. The lowest BCUT2D eigenvalue weighted by atomic mass is 10.1. The maximum absolute atomic E-state index is 11.9. The molecule has 0 unspecified atom stereocenters. The molecular formula is C16H23NO4. The molecule has 0 radical (unpaired) electrons. The highest BCUT2D eigenvalue weighted by molar-refractivity contribution is 5.96. The lowest BCUT2D eigenvalue weighted by Crippen LogP contribution is -2.11. The number of rotatable bonds is 8. The first-order valence-corrected chi connectivity index (χ1v) is 7.33. The number of nitrogens with two attached hydrogens (primary N) is 1. The van der Waals surface area contributed by atoms with Gasteiger partial charge in [0.25, 0.3) is 0 Å². The van der Waals surface area contributed by atoms with Crippen LogP contribution in [0.2, 0.25) is 0 Å². The van der Waals surface area contributed by atoms with E-state index in [1.54, 1.807) is 0 Å². The average Bonchev–Trinajstić information content (AvgIpc) is 2.47. The van der Waals surface area contributed by atoms with Gasteiger partial charge in [-0.3, -0.25) is 0 Å². The zero-order valence-electron chi connectivity index (χ0n) is 12.7. The molecule has 5 heteroatoms. The first kappa shape index (κ1) is 17.0. The molecule has 1 rings (SSSR count). The number of anilines is 1. The number of carbonyl (C=O) groups excluding carboxylic acids is 2. The molecule has 0 fully saturated rings. The summed E-state index contributed by atoms with van der Waals surface area (Å²) < 4.78 is 10.2. The molecule has 0 aliphatic heterocycles. The summed E-state index contributed by atoms with van der Waals surface area (Å²) in [6.45, 7) is 4.75. The minimum atomic E-state index is -0.474. The van der Waals surface area contributed by atoms with E-state index in [2.05, 4.69) is 0 Å². The Morgan fingerprint density at radius 2 is 1.33 bits per heavy atom. The third-order valence-electron chi connectivity index (χ3n) is 2.89. The van der Waals surface area contributed by atoms with Crippen LogP contribution in [0.3, 0.4) is 0 Å². The van der Waals surface area contributed by atoms with Crippen molar-refractivity contribution in [1.29, 1.82) is 0 Å². The topological polar surface area (TPSA) is 78.6 Å². The first-order valence-electron chi connectivity index (χ1n) is 7.33. The van der Waals surface area contributed by atoms with Gasteiger partial charge in [-0.05, 0) is 31.0 Å². The minimum Gasteiger partial charge on any atom is -0.462 e. The lowest BCUT2D eigenvalue weighted by molar-refractivity contribution is 0.0498. The number of ether oxygens (including phenoxy) is 2. The highest BCUT2D eigenvalue weighted by Crippen LogP contribution is 2.15. The molecule has 0 heterocycles. The smallest absolute Gasteiger partial charge is 0.338 e. The fourth-order valence-electron chi connectivity index (χ4n) is 1.67. The van der Waals surface area contributed by atoms with Crippen molar-refractivity contribution in [2.45, 2.75) is 39.5 Å². The quantitative estimate of drug-likeness (QED) is 0.452. The largest absolute Gasteiger partial charge is 0.462 e. The van der Waals surface area contributed by atoms with E-state index in [4.69, 9.17) is 15.2 Å².